The molecule has 0 fully saturated rings. The summed E-state index contributed by atoms with van der Waals surface area (Å²) in [6, 6.07) is 0. The van der Waals surface area contributed by atoms with Crippen molar-refractivity contribution in [2.24, 2.45) is 0 Å². The highest BCUT2D eigenvalue weighted by Crippen LogP contribution is 1.96. The third kappa shape index (κ3) is 3.74. The molecule has 0 N–H and O–H groups in total. The summed E-state index contributed by atoms with van der Waals surface area (Å²) in [5.74, 6) is 0. The van der Waals surface area contributed by atoms with Gasteiger partial charge in [0.2, 0.25) is 0 Å². The Labute approximate surface area is 39.9 Å². The second-order valence-electron chi connectivity index (χ2n) is 1.50. The van der Waals surface area contributed by atoms with E-state index in [-0.39, 0.29) is 0 Å². The largest absolute Gasteiger partial charge is 0.0999 e. The average molecular weight is 83.2 g/mol. The van der Waals surface area contributed by atoms with Gasteiger partial charge in [0.05, 0.1) is 0 Å². The molecule has 0 aromatic carbocycles. The van der Waals surface area contributed by atoms with Gasteiger partial charge >= 0.3 is 0 Å². The van der Waals surface area contributed by atoms with Crippen LogP contribution < -0.4 is 0 Å². The lowest BCUT2D eigenvalue weighted by Gasteiger charge is -1.87. The summed E-state index contributed by atoms with van der Waals surface area (Å²) in [6.45, 7) is 9.39. The first-order valence-electron chi connectivity index (χ1n) is 2.27. The van der Waals surface area contributed by atoms with Gasteiger partial charge in [0.15, 0.2) is 0 Å². The molecule has 1 radical (unpaired) electrons. The number of hydrogen-bond donors (Lipinski definition) is 0. The fourth-order valence-corrected chi connectivity index (χ4v) is 0.354. The first kappa shape index (κ1) is 5.74. The van der Waals surface area contributed by atoms with Gasteiger partial charge in [-0.3, -0.25) is 0 Å². The van der Waals surface area contributed by atoms with E-state index in [1.54, 1.807) is 0 Å². The van der Waals surface area contributed by atoms with E-state index in [0.717, 1.165) is 12.0 Å². The van der Waals surface area contributed by atoms with E-state index < -0.39 is 0 Å². The van der Waals surface area contributed by atoms with Gasteiger partial charge in [-0.2, -0.15) is 0 Å². The fourth-order valence-electron chi connectivity index (χ4n) is 0.354. The highest BCUT2D eigenvalue weighted by atomic mass is 13.8. The summed E-state index contributed by atoms with van der Waals surface area (Å²) in [4.78, 5) is 0. The summed E-state index contributed by atoms with van der Waals surface area (Å²) in [5.41, 5.74) is 1.04. The van der Waals surface area contributed by atoms with Gasteiger partial charge in [0, 0.05) is 0 Å². The monoisotopic (exact) mass is 83.1 g/mol. The highest BCUT2D eigenvalue weighted by molar-refractivity contribution is 4.96. The standard InChI is InChI=1S/C6H11/c1-4-5-6(2)3/h2-5H2,1H3. The van der Waals surface area contributed by atoms with Gasteiger partial charge in [-0.1, -0.05) is 25.5 Å². The quantitative estimate of drug-likeness (QED) is 0.480. The van der Waals surface area contributed by atoms with Gasteiger partial charge in [-0.25, -0.2) is 0 Å². The van der Waals surface area contributed by atoms with Crippen LogP contribution in [0, 0.1) is 6.92 Å². The molecule has 0 unspecified atom stereocenters. The van der Waals surface area contributed by atoms with Crippen LogP contribution in [-0.4, -0.2) is 0 Å². The Kier molecular flexibility index (Phi) is 2.82. The Bertz CT molecular complexity index is 44.0. The molecular formula is C6H11. The third-order valence-corrected chi connectivity index (χ3v) is 0.604. The Morgan fingerprint density at radius 3 is 2.17 bits per heavy atom. The molecule has 0 bridgehead atoms. The molecule has 0 rings (SSSR count). The lowest BCUT2D eigenvalue weighted by atomic mass is 10.2. The van der Waals surface area contributed by atoms with Crippen LogP contribution >= 0.6 is 0 Å². The van der Waals surface area contributed by atoms with Crippen molar-refractivity contribution in [1.29, 1.82) is 0 Å². The van der Waals surface area contributed by atoms with Crippen LogP contribution in [0.4, 0.5) is 0 Å². The molecule has 0 saturated heterocycles. The second-order valence-corrected chi connectivity index (χ2v) is 1.50. The van der Waals surface area contributed by atoms with E-state index in [1.165, 1.54) is 6.42 Å². The second kappa shape index (κ2) is 2.95. The van der Waals surface area contributed by atoms with E-state index in [0.29, 0.717) is 0 Å². The van der Waals surface area contributed by atoms with Crippen molar-refractivity contribution in [2.45, 2.75) is 19.8 Å². The maximum absolute atomic E-state index is 3.63. The van der Waals surface area contributed by atoms with Crippen LogP contribution in [0.5, 0.6) is 0 Å². The molecule has 0 spiro atoms. The van der Waals surface area contributed by atoms with Crippen molar-refractivity contribution in [2.75, 3.05) is 0 Å². The molecule has 35 valence electrons. The molecule has 6 heavy (non-hydrogen) atoms. The van der Waals surface area contributed by atoms with Gasteiger partial charge in [0.25, 0.3) is 0 Å². The normalized spacial score (nSPS) is 8.33. The Hall–Kier alpha value is -0.260. The highest BCUT2D eigenvalue weighted by Gasteiger charge is 1.76. The first-order valence-corrected chi connectivity index (χ1v) is 2.27. The van der Waals surface area contributed by atoms with E-state index in [4.69, 9.17) is 0 Å². The van der Waals surface area contributed by atoms with E-state index >= 15 is 0 Å². The topological polar surface area (TPSA) is 0 Å². The summed E-state index contributed by atoms with van der Waals surface area (Å²) in [5, 5.41) is 0. The van der Waals surface area contributed by atoms with Crippen LogP contribution in [0.1, 0.15) is 19.8 Å². The number of rotatable bonds is 2. The van der Waals surface area contributed by atoms with Crippen molar-refractivity contribution in [3.05, 3.63) is 19.1 Å². The molecule has 0 aliphatic rings. The molecule has 0 heteroatoms. The molecular weight excluding hydrogens is 72.1 g/mol. The molecule has 0 heterocycles. The van der Waals surface area contributed by atoms with Crippen LogP contribution in [-0.2, 0) is 0 Å². The summed E-state index contributed by atoms with van der Waals surface area (Å²) >= 11 is 0. The maximum Gasteiger partial charge on any atom is -0.0286 e. The van der Waals surface area contributed by atoms with Crippen molar-refractivity contribution in [3.63, 3.8) is 0 Å². The van der Waals surface area contributed by atoms with Crippen LogP contribution in [0.3, 0.4) is 0 Å². The number of allylic oxidation sites excluding steroid dienone is 1. The molecule has 0 saturated carbocycles. The van der Waals surface area contributed by atoms with Crippen molar-refractivity contribution in [3.8, 4) is 0 Å². The zero-order chi connectivity index (χ0) is 4.99. The van der Waals surface area contributed by atoms with Crippen molar-refractivity contribution in [1.82, 2.24) is 0 Å². The van der Waals surface area contributed by atoms with Gasteiger partial charge in [-0.15, -0.1) is 0 Å². The zero-order valence-corrected chi connectivity index (χ0v) is 4.33. The molecule has 0 nitrogen and oxygen atoms in total. The Balaban J connectivity index is 2.83. The fraction of sp³-hybridized carbons (Fsp3) is 0.500. The molecule has 0 aromatic heterocycles. The third-order valence-electron chi connectivity index (χ3n) is 0.604. The minimum Gasteiger partial charge on any atom is -0.0999 e. The number of hydrogen-bond acceptors (Lipinski definition) is 0. The first-order chi connectivity index (χ1) is 2.77. The van der Waals surface area contributed by atoms with Gasteiger partial charge < -0.3 is 0 Å². The van der Waals surface area contributed by atoms with E-state index in [1.807, 2.05) is 0 Å². The molecule has 0 atom stereocenters. The molecule has 0 aromatic rings. The minimum atomic E-state index is 1.04. The van der Waals surface area contributed by atoms with Crippen molar-refractivity contribution >= 4 is 0 Å². The predicted molar refractivity (Wildman–Crippen MR) is 29.4 cm³/mol. The van der Waals surface area contributed by atoms with Crippen molar-refractivity contribution < 1.29 is 0 Å². The summed E-state index contributed by atoms with van der Waals surface area (Å²) in [7, 11) is 0. The lowest BCUT2D eigenvalue weighted by molar-refractivity contribution is 0.929. The van der Waals surface area contributed by atoms with Crippen LogP contribution in [0.2, 0.25) is 0 Å². The van der Waals surface area contributed by atoms with Gasteiger partial charge in [0.1, 0.15) is 0 Å². The SMILES string of the molecule is [CH2]C(=C)CCC. The average Bonchev–Trinajstić information content (AvgIpc) is 1.35. The zero-order valence-electron chi connectivity index (χ0n) is 4.33. The predicted octanol–water partition coefficient (Wildman–Crippen LogP) is 2.18. The van der Waals surface area contributed by atoms with E-state index in [2.05, 4.69) is 20.4 Å². The summed E-state index contributed by atoms with van der Waals surface area (Å²) < 4.78 is 0. The van der Waals surface area contributed by atoms with Gasteiger partial charge in [-0.05, 0) is 13.3 Å². The molecule has 0 aliphatic heterocycles. The summed E-state index contributed by atoms with van der Waals surface area (Å²) in [6.07, 6.45) is 2.24. The molecule has 0 aliphatic carbocycles. The Morgan fingerprint density at radius 2 is 2.17 bits per heavy atom. The molecule has 0 amide bonds. The lowest BCUT2D eigenvalue weighted by Crippen LogP contribution is -1.67. The van der Waals surface area contributed by atoms with Crippen LogP contribution in [0.15, 0.2) is 12.2 Å². The maximum atomic E-state index is 3.63. The van der Waals surface area contributed by atoms with Crippen LogP contribution in [0.25, 0.3) is 0 Å². The minimum absolute atomic E-state index is 1.04. The Morgan fingerprint density at radius 1 is 1.67 bits per heavy atom. The van der Waals surface area contributed by atoms with E-state index in [9.17, 15) is 0 Å². The smallest absolute Gasteiger partial charge is 0.0286 e.